The molecule has 14 aromatic rings. The Labute approximate surface area is 407 Å². The Balaban J connectivity index is 0.938. The summed E-state index contributed by atoms with van der Waals surface area (Å²) < 4.78 is 7.36. The summed E-state index contributed by atoms with van der Waals surface area (Å²) in [5.74, 6) is 0. The summed E-state index contributed by atoms with van der Waals surface area (Å²) >= 11 is 0. The number of aromatic nitrogens is 3. The lowest BCUT2D eigenvalue weighted by Gasteiger charge is -2.34. The molecule has 0 spiro atoms. The third-order valence-electron chi connectivity index (χ3n) is 14.8. The Morgan fingerprint density at radius 1 is 0.229 bits per heavy atom. The van der Waals surface area contributed by atoms with Gasteiger partial charge in [0.2, 0.25) is 0 Å². The third-order valence-corrected chi connectivity index (χ3v) is 19.6. The highest BCUT2D eigenvalue weighted by Crippen LogP contribution is 2.42. The van der Waals surface area contributed by atoms with E-state index >= 15 is 0 Å². The van der Waals surface area contributed by atoms with Crippen LogP contribution in [-0.4, -0.2) is 21.8 Å². The number of rotatable bonds is 8. The van der Waals surface area contributed by atoms with Crippen LogP contribution in [0.2, 0.25) is 0 Å². The first-order valence-electron chi connectivity index (χ1n) is 24.2. The van der Waals surface area contributed by atoms with Crippen molar-refractivity contribution in [1.29, 1.82) is 0 Å². The van der Waals surface area contributed by atoms with Crippen LogP contribution in [0.5, 0.6) is 0 Å². The van der Waals surface area contributed by atoms with Gasteiger partial charge in [0.15, 0.2) is 8.07 Å². The highest BCUT2D eigenvalue weighted by Gasteiger charge is 2.41. The number of para-hydroxylation sites is 4. The number of benzene rings is 11. The highest BCUT2D eigenvalue weighted by molar-refractivity contribution is 7.19. The minimum Gasteiger partial charge on any atom is -0.309 e. The van der Waals surface area contributed by atoms with Crippen molar-refractivity contribution in [2.75, 3.05) is 0 Å². The van der Waals surface area contributed by atoms with Crippen LogP contribution in [0.15, 0.2) is 273 Å². The van der Waals surface area contributed by atoms with Crippen LogP contribution in [0.4, 0.5) is 0 Å². The molecule has 0 bridgehead atoms. The Hall–Kier alpha value is -8.96. The zero-order valence-electron chi connectivity index (χ0n) is 38.3. The van der Waals surface area contributed by atoms with Crippen LogP contribution in [0.25, 0.3) is 93.6 Å². The zero-order chi connectivity index (χ0) is 46.2. The Bertz CT molecular complexity index is 4170. The first-order chi connectivity index (χ1) is 34.8. The molecule has 328 valence electrons. The molecule has 0 saturated heterocycles. The molecule has 0 unspecified atom stereocenters. The molecule has 3 heterocycles. The van der Waals surface area contributed by atoms with Crippen LogP contribution in [0.3, 0.4) is 0 Å². The summed E-state index contributed by atoms with van der Waals surface area (Å²) in [5.41, 5.74) is 13.0. The van der Waals surface area contributed by atoms with E-state index in [0.29, 0.717) is 0 Å². The van der Waals surface area contributed by atoms with E-state index < -0.39 is 8.07 Å². The van der Waals surface area contributed by atoms with Gasteiger partial charge >= 0.3 is 0 Å². The Kier molecular flexibility index (Phi) is 9.23. The number of hydrogen-bond acceptors (Lipinski definition) is 0. The van der Waals surface area contributed by atoms with Crippen molar-refractivity contribution in [3.8, 4) is 28.2 Å². The third kappa shape index (κ3) is 6.00. The summed E-state index contributed by atoms with van der Waals surface area (Å²) in [4.78, 5) is 0. The summed E-state index contributed by atoms with van der Waals surface area (Å²) in [6, 6.07) is 101. The van der Waals surface area contributed by atoms with Crippen molar-refractivity contribution in [3.05, 3.63) is 273 Å². The van der Waals surface area contributed by atoms with E-state index in [0.717, 1.165) is 11.4 Å². The molecular formula is C66H45N3Si. The molecule has 0 radical (unpaired) electrons. The largest absolute Gasteiger partial charge is 0.309 e. The van der Waals surface area contributed by atoms with Crippen LogP contribution in [0.1, 0.15) is 0 Å². The van der Waals surface area contributed by atoms with E-state index in [9.17, 15) is 0 Å². The molecule has 0 aliphatic rings. The van der Waals surface area contributed by atoms with E-state index in [-0.39, 0.29) is 0 Å². The first-order valence-corrected chi connectivity index (χ1v) is 26.2. The van der Waals surface area contributed by atoms with Crippen LogP contribution in [-0.2, 0) is 0 Å². The average molecular weight is 908 g/mol. The van der Waals surface area contributed by atoms with Gasteiger partial charge in [0.05, 0.1) is 38.8 Å². The maximum absolute atomic E-state index is 2.69. The lowest BCUT2D eigenvalue weighted by atomic mass is 10.0. The second-order valence-corrected chi connectivity index (χ2v) is 22.2. The van der Waals surface area contributed by atoms with Gasteiger partial charge in [0, 0.05) is 43.7 Å². The molecule has 0 aliphatic heterocycles. The maximum Gasteiger partial charge on any atom is 0.179 e. The van der Waals surface area contributed by atoms with Gasteiger partial charge in [-0.3, -0.25) is 0 Å². The average Bonchev–Trinajstić information content (AvgIpc) is 4.08. The molecule has 11 aromatic carbocycles. The number of nitrogens with zero attached hydrogens (tertiary/aromatic N) is 3. The van der Waals surface area contributed by atoms with Crippen molar-refractivity contribution in [2.45, 2.75) is 0 Å². The quantitative estimate of drug-likeness (QED) is 0.107. The van der Waals surface area contributed by atoms with Gasteiger partial charge in [-0.15, -0.1) is 0 Å². The van der Waals surface area contributed by atoms with Crippen molar-refractivity contribution in [1.82, 2.24) is 13.7 Å². The van der Waals surface area contributed by atoms with Gasteiger partial charge in [-0.2, -0.15) is 0 Å². The van der Waals surface area contributed by atoms with E-state index in [1.807, 2.05) is 0 Å². The van der Waals surface area contributed by atoms with Gasteiger partial charge in [-0.25, -0.2) is 0 Å². The normalized spacial score (nSPS) is 12.0. The lowest BCUT2D eigenvalue weighted by Crippen LogP contribution is -2.74. The van der Waals surface area contributed by atoms with Crippen molar-refractivity contribution in [2.24, 2.45) is 0 Å². The highest BCUT2D eigenvalue weighted by atomic mass is 28.3. The van der Waals surface area contributed by atoms with E-state index in [2.05, 4.69) is 287 Å². The van der Waals surface area contributed by atoms with Crippen molar-refractivity contribution >= 4 is 94.2 Å². The summed E-state index contributed by atoms with van der Waals surface area (Å²) in [6.07, 6.45) is 0. The van der Waals surface area contributed by atoms with Gasteiger partial charge < -0.3 is 13.7 Å². The fourth-order valence-electron chi connectivity index (χ4n) is 11.8. The Morgan fingerprint density at radius 2 is 0.643 bits per heavy atom. The molecule has 70 heavy (non-hydrogen) atoms. The number of hydrogen-bond donors (Lipinski definition) is 0. The summed E-state index contributed by atoms with van der Waals surface area (Å²) in [5, 5.41) is 12.9. The predicted octanol–water partition coefficient (Wildman–Crippen LogP) is 14.0. The SMILES string of the molecule is c1ccc(-n2c3ccccc3c3ccc(-c4ccc5c(c4)c4ccccc4n5-c4cccc5c4c4ccccc4n5-c4ccc([Si](c5ccccc5)(c5ccccc5)c5ccccc5)cc4)cc32)cc1. The lowest BCUT2D eigenvalue weighted by molar-refractivity contribution is 1.17. The minimum absolute atomic E-state index is 1.14. The van der Waals surface area contributed by atoms with E-state index in [4.69, 9.17) is 0 Å². The first kappa shape index (κ1) is 40.1. The molecule has 4 heteroatoms. The van der Waals surface area contributed by atoms with Crippen molar-refractivity contribution in [3.63, 3.8) is 0 Å². The Morgan fingerprint density at radius 3 is 1.27 bits per heavy atom. The predicted molar refractivity (Wildman–Crippen MR) is 299 cm³/mol. The van der Waals surface area contributed by atoms with Gasteiger partial charge in [0.25, 0.3) is 0 Å². The van der Waals surface area contributed by atoms with E-state index in [1.165, 1.54) is 103 Å². The second-order valence-electron chi connectivity index (χ2n) is 18.4. The standard InChI is InChI=1S/C66H45N3Si/c1-5-20-48(21-6-1)68-59-31-16-13-28-54(59)56-42-36-47(45-65(56)68)46-37-43-62-58(44-46)55-29-14-17-32-60(55)69(62)64-35-19-34-63-66(64)57-30-15-18-33-61(57)67(63)49-38-40-53(41-39-49)70(50-22-7-2-8-23-50,51-24-9-3-10-25-51)52-26-11-4-12-27-52/h1-45H. The van der Waals surface area contributed by atoms with Gasteiger partial charge in [-0.1, -0.05) is 200 Å². The second kappa shape index (κ2) is 16.1. The van der Waals surface area contributed by atoms with E-state index in [1.54, 1.807) is 0 Å². The molecule has 0 saturated carbocycles. The van der Waals surface area contributed by atoms with Gasteiger partial charge in [-0.05, 0) is 105 Å². The molecule has 14 rings (SSSR count). The number of fused-ring (bicyclic) bond motifs is 9. The summed E-state index contributed by atoms with van der Waals surface area (Å²) in [6.45, 7) is 0. The topological polar surface area (TPSA) is 14.8 Å². The van der Waals surface area contributed by atoms with Gasteiger partial charge in [0.1, 0.15) is 0 Å². The van der Waals surface area contributed by atoms with Crippen LogP contribution >= 0.6 is 0 Å². The fraction of sp³-hybridized carbons (Fsp3) is 0. The zero-order valence-corrected chi connectivity index (χ0v) is 39.3. The molecule has 0 amide bonds. The van der Waals surface area contributed by atoms with Crippen molar-refractivity contribution < 1.29 is 0 Å². The maximum atomic E-state index is 2.49. The molecule has 3 nitrogen and oxygen atoms in total. The smallest absolute Gasteiger partial charge is 0.179 e. The fourth-order valence-corrected chi connectivity index (χ4v) is 16.6. The van der Waals surface area contributed by atoms with Crippen LogP contribution in [0, 0.1) is 0 Å². The summed E-state index contributed by atoms with van der Waals surface area (Å²) in [7, 11) is -2.69. The minimum atomic E-state index is -2.69. The molecule has 0 aliphatic carbocycles. The molecule has 0 N–H and O–H groups in total. The molecule has 0 atom stereocenters. The molecule has 3 aromatic heterocycles. The monoisotopic (exact) mass is 907 g/mol. The molecular weight excluding hydrogens is 863 g/mol. The molecule has 0 fully saturated rings. The van der Waals surface area contributed by atoms with Crippen LogP contribution < -0.4 is 20.7 Å².